The molecular formula is C14H13BrClFN2O. The highest BCUT2D eigenvalue weighted by Gasteiger charge is 2.13. The molecule has 0 aliphatic carbocycles. The molecule has 0 aliphatic rings. The fourth-order valence-corrected chi connectivity index (χ4v) is 2.83. The van der Waals surface area contributed by atoms with E-state index in [4.69, 9.17) is 16.3 Å². The van der Waals surface area contributed by atoms with Crippen LogP contribution in [0, 0.1) is 5.82 Å². The fraction of sp³-hybridized carbons (Fsp3) is 0.214. The van der Waals surface area contributed by atoms with Gasteiger partial charge in [-0.05, 0) is 46.6 Å². The van der Waals surface area contributed by atoms with Gasteiger partial charge in [-0.2, -0.15) is 0 Å². The molecule has 1 aromatic heterocycles. The van der Waals surface area contributed by atoms with E-state index in [1.54, 1.807) is 25.4 Å². The molecule has 0 spiro atoms. The first-order chi connectivity index (χ1) is 9.51. The summed E-state index contributed by atoms with van der Waals surface area (Å²) in [5, 5.41) is 3.81. The molecule has 1 heterocycles. The van der Waals surface area contributed by atoms with E-state index < -0.39 is 0 Å². The summed E-state index contributed by atoms with van der Waals surface area (Å²) in [4.78, 5) is 3.84. The molecular weight excluding hydrogens is 347 g/mol. The van der Waals surface area contributed by atoms with Crippen LogP contribution in [0.4, 0.5) is 10.1 Å². The summed E-state index contributed by atoms with van der Waals surface area (Å²) in [6.07, 6.45) is 2.79. The summed E-state index contributed by atoms with van der Waals surface area (Å²) in [5.41, 5.74) is 1.46. The second kappa shape index (κ2) is 6.41. The molecule has 1 N–H and O–H groups in total. The van der Waals surface area contributed by atoms with Crippen LogP contribution in [0.25, 0.3) is 0 Å². The van der Waals surface area contributed by atoms with Gasteiger partial charge in [0, 0.05) is 11.2 Å². The number of nitrogens with zero attached hydrogens (tertiary/aromatic N) is 1. The van der Waals surface area contributed by atoms with Gasteiger partial charge in [-0.25, -0.2) is 4.39 Å². The Hall–Kier alpha value is -1.33. The Bertz CT molecular complexity index is 624. The third-order valence-corrected chi connectivity index (χ3v) is 3.62. The number of anilines is 1. The van der Waals surface area contributed by atoms with Crippen LogP contribution in [0.5, 0.6) is 5.75 Å². The zero-order valence-electron chi connectivity index (χ0n) is 11.0. The number of hydrogen-bond donors (Lipinski definition) is 1. The SMILES string of the molecule is COc1c(Br)cc(Cl)cc1NC(C)c1cncc(F)c1. The number of rotatable bonds is 4. The minimum absolute atomic E-state index is 0.141. The molecule has 20 heavy (non-hydrogen) atoms. The highest BCUT2D eigenvalue weighted by Crippen LogP contribution is 2.37. The fourth-order valence-electron chi connectivity index (χ4n) is 1.86. The summed E-state index contributed by atoms with van der Waals surface area (Å²) in [6.45, 7) is 1.91. The lowest BCUT2D eigenvalue weighted by molar-refractivity contribution is 0.413. The van der Waals surface area contributed by atoms with E-state index >= 15 is 0 Å². The summed E-state index contributed by atoms with van der Waals surface area (Å²) in [7, 11) is 1.58. The van der Waals surface area contributed by atoms with Gasteiger partial charge in [-0.3, -0.25) is 4.98 Å². The zero-order valence-corrected chi connectivity index (χ0v) is 13.3. The smallest absolute Gasteiger partial charge is 0.156 e. The molecule has 1 atom stereocenters. The topological polar surface area (TPSA) is 34.1 Å². The maximum Gasteiger partial charge on any atom is 0.156 e. The third-order valence-electron chi connectivity index (χ3n) is 2.81. The molecule has 0 amide bonds. The Balaban J connectivity index is 2.30. The quantitative estimate of drug-likeness (QED) is 0.850. The van der Waals surface area contributed by atoms with Crippen molar-refractivity contribution >= 4 is 33.2 Å². The van der Waals surface area contributed by atoms with Gasteiger partial charge in [-0.1, -0.05) is 11.6 Å². The molecule has 3 nitrogen and oxygen atoms in total. The van der Waals surface area contributed by atoms with Crippen molar-refractivity contribution in [1.29, 1.82) is 0 Å². The van der Waals surface area contributed by atoms with Crippen molar-refractivity contribution in [3.05, 3.63) is 51.5 Å². The minimum atomic E-state index is -0.365. The Morgan fingerprint density at radius 2 is 2.10 bits per heavy atom. The van der Waals surface area contributed by atoms with E-state index in [2.05, 4.69) is 26.2 Å². The molecule has 0 saturated heterocycles. The van der Waals surface area contributed by atoms with Crippen LogP contribution in [0.3, 0.4) is 0 Å². The van der Waals surface area contributed by atoms with Gasteiger partial charge >= 0.3 is 0 Å². The molecule has 106 valence electrons. The maximum atomic E-state index is 13.2. The van der Waals surface area contributed by atoms with Crippen LogP contribution in [-0.2, 0) is 0 Å². The van der Waals surface area contributed by atoms with Crippen LogP contribution in [0.1, 0.15) is 18.5 Å². The highest BCUT2D eigenvalue weighted by molar-refractivity contribution is 9.10. The van der Waals surface area contributed by atoms with E-state index in [1.807, 2.05) is 6.92 Å². The first kappa shape index (κ1) is 15.1. The molecule has 0 fully saturated rings. The molecule has 1 unspecified atom stereocenters. The molecule has 2 rings (SSSR count). The number of hydrogen-bond acceptors (Lipinski definition) is 3. The molecule has 0 bridgehead atoms. The van der Waals surface area contributed by atoms with Crippen molar-refractivity contribution in [3.63, 3.8) is 0 Å². The van der Waals surface area contributed by atoms with Gasteiger partial charge in [0.25, 0.3) is 0 Å². The molecule has 2 aromatic rings. The van der Waals surface area contributed by atoms with Crippen molar-refractivity contribution < 1.29 is 9.13 Å². The summed E-state index contributed by atoms with van der Waals surface area (Å²) in [6, 6.07) is 4.81. The van der Waals surface area contributed by atoms with Crippen LogP contribution in [0.2, 0.25) is 5.02 Å². The van der Waals surface area contributed by atoms with Gasteiger partial charge in [0.1, 0.15) is 5.82 Å². The van der Waals surface area contributed by atoms with Crippen LogP contribution < -0.4 is 10.1 Å². The second-order valence-electron chi connectivity index (χ2n) is 4.27. The van der Waals surface area contributed by atoms with E-state index in [9.17, 15) is 4.39 Å². The number of ether oxygens (including phenoxy) is 1. The van der Waals surface area contributed by atoms with Crippen molar-refractivity contribution in [2.45, 2.75) is 13.0 Å². The summed E-state index contributed by atoms with van der Waals surface area (Å²) < 4.78 is 19.3. The van der Waals surface area contributed by atoms with Crippen LogP contribution in [-0.4, -0.2) is 12.1 Å². The number of methoxy groups -OCH3 is 1. The van der Waals surface area contributed by atoms with Crippen molar-refractivity contribution in [2.75, 3.05) is 12.4 Å². The lowest BCUT2D eigenvalue weighted by atomic mass is 10.1. The van der Waals surface area contributed by atoms with Crippen LogP contribution >= 0.6 is 27.5 Å². The molecule has 1 aromatic carbocycles. The Kier molecular flexibility index (Phi) is 4.83. The predicted octanol–water partition coefficient (Wildman–Crippen LogP) is 4.82. The molecule has 0 aliphatic heterocycles. The third kappa shape index (κ3) is 3.41. The van der Waals surface area contributed by atoms with Crippen LogP contribution in [0.15, 0.2) is 35.1 Å². The van der Waals surface area contributed by atoms with Gasteiger partial charge in [-0.15, -0.1) is 0 Å². The number of nitrogens with one attached hydrogen (secondary N) is 1. The predicted molar refractivity (Wildman–Crippen MR) is 81.9 cm³/mol. The first-order valence-electron chi connectivity index (χ1n) is 5.91. The van der Waals surface area contributed by atoms with E-state index in [0.717, 1.165) is 15.7 Å². The van der Waals surface area contributed by atoms with Gasteiger partial charge in [0.2, 0.25) is 0 Å². The maximum absolute atomic E-state index is 13.2. The average molecular weight is 360 g/mol. The monoisotopic (exact) mass is 358 g/mol. The van der Waals surface area contributed by atoms with E-state index in [0.29, 0.717) is 10.8 Å². The van der Waals surface area contributed by atoms with Gasteiger partial charge < -0.3 is 10.1 Å². The van der Waals surface area contributed by atoms with Gasteiger partial charge in [0.05, 0.1) is 29.5 Å². The number of halogens is 3. The lowest BCUT2D eigenvalue weighted by Gasteiger charge is -2.19. The van der Waals surface area contributed by atoms with E-state index in [1.165, 1.54) is 12.3 Å². The number of benzene rings is 1. The van der Waals surface area contributed by atoms with Crippen molar-refractivity contribution in [2.24, 2.45) is 0 Å². The van der Waals surface area contributed by atoms with Crippen molar-refractivity contribution in [3.8, 4) is 5.75 Å². The highest BCUT2D eigenvalue weighted by atomic mass is 79.9. The summed E-state index contributed by atoms with van der Waals surface area (Å²) in [5.74, 6) is 0.279. The largest absolute Gasteiger partial charge is 0.493 e. The zero-order chi connectivity index (χ0) is 14.7. The second-order valence-corrected chi connectivity index (χ2v) is 5.56. The lowest BCUT2D eigenvalue weighted by Crippen LogP contribution is -2.08. The Morgan fingerprint density at radius 1 is 1.35 bits per heavy atom. The first-order valence-corrected chi connectivity index (χ1v) is 7.08. The van der Waals surface area contributed by atoms with Gasteiger partial charge in [0.15, 0.2) is 5.75 Å². The Morgan fingerprint density at radius 3 is 2.75 bits per heavy atom. The standard InChI is InChI=1S/C14H13BrClFN2O/c1-8(9-3-11(17)7-18-6-9)19-13-5-10(16)4-12(15)14(13)20-2/h3-8,19H,1-2H3. The normalized spacial score (nSPS) is 12.1. The van der Waals surface area contributed by atoms with Crippen molar-refractivity contribution in [1.82, 2.24) is 4.98 Å². The number of pyridine rings is 1. The van der Waals surface area contributed by atoms with E-state index in [-0.39, 0.29) is 11.9 Å². The minimum Gasteiger partial charge on any atom is -0.493 e. The molecule has 6 heteroatoms. The average Bonchev–Trinajstić information content (AvgIpc) is 2.38. The molecule has 0 saturated carbocycles. The number of aromatic nitrogens is 1. The summed E-state index contributed by atoms with van der Waals surface area (Å²) >= 11 is 9.43. The molecule has 0 radical (unpaired) electrons. The Labute approximate surface area is 130 Å².